The molecule has 1 heteroatoms. The van der Waals surface area contributed by atoms with E-state index in [2.05, 4.69) is 30.3 Å². The summed E-state index contributed by atoms with van der Waals surface area (Å²) in [5.74, 6) is 0.773. The molecule has 1 N–H and O–H groups in total. The molecule has 0 radical (unpaired) electrons. The SMILES string of the molecule is OC(CC1CCCCC1)C1(c2ccccc2)CC1. The highest BCUT2D eigenvalue weighted by Gasteiger charge is 2.50. The van der Waals surface area contributed by atoms with Gasteiger partial charge in [0.2, 0.25) is 0 Å². The molecule has 2 aliphatic carbocycles. The molecule has 1 atom stereocenters. The Morgan fingerprint density at radius 2 is 1.72 bits per heavy atom. The molecule has 2 aliphatic rings. The summed E-state index contributed by atoms with van der Waals surface area (Å²) in [7, 11) is 0. The van der Waals surface area contributed by atoms with E-state index < -0.39 is 0 Å². The van der Waals surface area contributed by atoms with Gasteiger partial charge in [-0.05, 0) is 30.7 Å². The van der Waals surface area contributed by atoms with Gasteiger partial charge in [-0.1, -0.05) is 62.4 Å². The zero-order valence-corrected chi connectivity index (χ0v) is 11.1. The van der Waals surface area contributed by atoms with Crippen molar-refractivity contribution in [2.75, 3.05) is 0 Å². The first kappa shape index (κ1) is 12.2. The standard InChI is InChI=1S/C17H24O/c18-16(13-14-7-3-1-4-8-14)17(11-12-17)15-9-5-2-6-10-15/h2,5-6,9-10,14,16,18H,1,3-4,7-8,11-13H2. The lowest BCUT2D eigenvalue weighted by Gasteiger charge is -2.29. The van der Waals surface area contributed by atoms with Gasteiger partial charge >= 0.3 is 0 Å². The van der Waals surface area contributed by atoms with Gasteiger partial charge in [-0.25, -0.2) is 0 Å². The first-order valence-corrected chi connectivity index (χ1v) is 7.55. The molecule has 3 rings (SSSR count). The molecule has 98 valence electrons. The van der Waals surface area contributed by atoms with Crippen LogP contribution in [-0.2, 0) is 5.41 Å². The van der Waals surface area contributed by atoms with Crippen LogP contribution in [-0.4, -0.2) is 11.2 Å². The van der Waals surface area contributed by atoms with Crippen LogP contribution in [0.2, 0.25) is 0 Å². The lowest BCUT2D eigenvalue weighted by Crippen LogP contribution is -2.29. The van der Waals surface area contributed by atoms with E-state index in [1.165, 1.54) is 50.5 Å². The van der Waals surface area contributed by atoms with Crippen molar-refractivity contribution in [3.8, 4) is 0 Å². The van der Waals surface area contributed by atoms with Gasteiger partial charge in [0.25, 0.3) is 0 Å². The van der Waals surface area contributed by atoms with Gasteiger partial charge in [0.15, 0.2) is 0 Å². The summed E-state index contributed by atoms with van der Waals surface area (Å²) in [5, 5.41) is 10.6. The zero-order valence-electron chi connectivity index (χ0n) is 11.1. The highest BCUT2D eigenvalue weighted by atomic mass is 16.3. The van der Waals surface area contributed by atoms with E-state index in [0.29, 0.717) is 0 Å². The predicted molar refractivity (Wildman–Crippen MR) is 74.6 cm³/mol. The molecule has 0 amide bonds. The van der Waals surface area contributed by atoms with Crippen LogP contribution in [0.4, 0.5) is 0 Å². The Bertz CT molecular complexity index is 374. The summed E-state index contributed by atoms with van der Waals surface area (Å²) < 4.78 is 0. The molecule has 1 unspecified atom stereocenters. The van der Waals surface area contributed by atoms with E-state index in [1.807, 2.05) is 0 Å². The fourth-order valence-corrected chi connectivity index (χ4v) is 3.68. The van der Waals surface area contributed by atoms with E-state index in [9.17, 15) is 5.11 Å². The molecule has 0 spiro atoms. The quantitative estimate of drug-likeness (QED) is 0.847. The minimum absolute atomic E-state index is 0.110. The molecular weight excluding hydrogens is 220 g/mol. The Labute approximate surface area is 110 Å². The van der Waals surface area contributed by atoms with Crippen molar-refractivity contribution in [3.05, 3.63) is 35.9 Å². The average Bonchev–Trinajstić information content (AvgIpc) is 3.22. The first-order chi connectivity index (χ1) is 8.81. The van der Waals surface area contributed by atoms with Crippen molar-refractivity contribution in [2.24, 2.45) is 5.92 Å². The summed E-state index contributed by atoms with van der Waals surface area (Å²) in [5.41, 5.74) is 1.46. The summed E-state index contributed by atoms with van der Waals surface area (Å²) in [6.45, 7) is 0. The summed E-state index contributed by atoms with van der Waals surface area (Å²) in [4.78, 5) is 0. The molecule has 0 aliphatic heterocycles. The monoisotopic (exact) mass is 244 g/mol. The van der Waals surface area contributed by atoms with Gasteiger partial charge in [-0.2, -0.15) is 0 Å². The van der Waals surface area contributed by atoms with Crippen LogP contribution in [0.25, 0.3) is 0 Å². The molecule has 0 bridgehead atoms. The number of rotatable bonds is 4. The zero-order chi connectivity index (χ0) is 12.4. The van der Waals surface area contributed by atoms with Gasteiger partial charge in [-0.3, -0.25) is 0 Å². The highest BCUT2D eigenvalue weighted by Crippen LogP contribution is 2.52. The number of hydrogen-bond donors (Lipinski definition) is 1. The number of hydrogen-bond acceptors (Lipinski definition) is 1. The van der Waals surface area contributed by atoms with E-state index in [1.54, 1.807) is 0 Å². The van der Waals surface area contributed by atoms with E-state index in [-0.39, 0.29) is 11.5 Å². The molecule has 1 aromatic carbocycles. The van der Waals surface area contributed by atoms with Crippen molar-refractivity contribution >= 4 is 0 Å². The Balaban J connectivity index is 1.66. The maximum absolute atomic E-state index is 10.6. The van der Waals surface area contributed by atoms with Crippen LogP contribution in [0, 0.1) is 5.92 Å². The van der Waals surface area contributed by atoms with Crippen molar-refractivity contribution in [1.82, 2.24) is 0 Å². The largest absolute Gasteiger partial charge is 0.392 e. The topological polar surface area (TPSA) is 20.2 Å². The normalized spacial score (nSPS) is 24.7. The van der Waals surface area contributed by atoms with Crippen LogP contribution < -0.4 is 0 Å². The maximum Gasteiger partial charge on any atom is 0.0639 e. The molecule has 0 aromatic heterocycles. The third-order valence-corrected chi connectivity index (χ3v) is 5.06. The Hall–Kier alpha value is -0.820. The smallest absolute Gasteiger partial charge is 0.0639 e. The fourth-order valence-electron chi connectivity index (χ4n) is 3.68. The Kier molecular flexibility index (Phi) is 3.43. The van der Waals surface area contributed by atoms with E-state index in [0.717, 1.165) is 12.3 Å². The predicted octanol–water partition coefficient (Wildman–Crippen LogP) is 4.05. The summed E-state index contributed by atoms with van der Waals surface area (Å²) in [6.07, 6.45) is 10.1. The lowest BCUT2D eigenvalue weighted by molar-refractivity contribution is 0.0936. The molecule has 1 nitrogen and oxygen atoms in total. The van der Waals surface area contributed by atoms with Gasteiger partial charge in [0.05, 0.1) is 6.10 Å². The van der Waals surface area contributed by atoms with Gasteiger partial charge < -0.3 is 5.11 Å². The maximum atomic E-state index is 10.6. The van der Waals surface area contributed by atoms with Gasteiger partial charge in [-0.15, -0.1) is 0 Å². The van der Waals surface area contributed by atoms with Crippen molar-refractivity contribution in [1.29, 1.82) is 0 Å². The highest BCUT2D eigenvalue weighted by molar-refractivity contribution is 5.32. The third-order valence-electron chi connectivity index (χ3n) is 5.06. The lowest BCUT2D eigenvalue weighted by atomic mass is 9.80. The molecule has 2 fully saturated rings. The van der Waals surface area contributed by atoms with Crippen LogP contribution in [0.1, 0.15) is 56.9 Å². The Morgan fingerprint density at radius 3 is 2.33 bits per heavy atom. The molecule has 1 aromatic rings. The second-order valence-corrected chi connectivity index (χ2v) is 6.28. The molecule has 18 heavy (non-hydrogen) atoms. The second kappa shape index (κ2) is 5.05. The third kappa shape index (κ3) is 2.33. The van der Waals surface area contributed by atoms with Gasteiger partial charge in [0.1, 0.15) is 0 Å². The van der Waals surface area contributed by atoms with E-state index >= 15 is 0 Å². The summed E-state index contributed by atoms with van der Waals surface area (Å²) in [6, 6.07) is 10.6. The van der Waals surface area contributed by atoms with Crippen LogP contribution in [0.3, 0.4) is 0 Å². The van der Waals surface area contributed by atoms with E-state index in [4.69, 9.17) is 0 Å². The average molecular weight is 244 g/mol. The number of aliphatic hydroxyl groups is 1. The molecule has 0 saturated heterocycles. The second-order valence-electron chi connectivity index (χ2n) is 6.28. The van der Waals surface area contributed by atoms with Crippen LogP contribution in [0.5, 0.6) is 0 Å². The minimum atomic E-state index is -0.122. The van der Waals surface area contributed by atoms with Gasteiger partial charge in [0, 0.05) is 5.41 Å². The number of aliphatic hydroxyl groups excluding tert-OH is 1. The first-order valence-electron chi connectivity index (χ1n) is 7.55. The van der Waals surface area contributed by atoms with Crippen molar-refractivity contribution in [3.63, 3.8) is 0 Å². The minimum Gasteiger partial charge on any atom is -0.392 e. The number of benzene rings is 1. The van der Waals surface area contributed by atoms with Crippen LogP contribution in [0.15, 0.2) is 30.3 Å². The Morgan fingerprint density at radius 1 is 1.06 bits per heavy atom. The molecule has 0 heterocycles. The van der Waals surface area contributed by atoms with Crippen molar-refractivity contribution < 1.29 is 5.11 Å². The van der Waals surface area contributed by atoms with Crippen LogP contribution >= 0.6 is 0 Å². The van der Waals surface area contributed by atoms with Crippen molar-refractivity contribution in [2.45, 2.75) is 62.9 Å². The molecule has 2 saturated carbocycles. The fraction of sp³-hybridized carbons (Fsp3) is 0.647. The summed E-state index contributed by atoms with van der Waals surface area (Å²) >= 11 is 0. The molecular formula is C17H24O.